The molecule has 29 heavy (non-hydrogen) atoms. The third-order valence-electron chi connectivity index (χ3n) is 6.45. The van der Waals surface area contributed by atoms with Gasteiger partial charge in [-0.05, 0) is 55.0 Å². The minimum atomic E-state index is -0.0629. The van der Waals surface area contributed by atoms with E-state index < -0.39 is 0 Å². The van der Waals surface area contributed by atoms with Gasteiger partial charge in [0.05, 0.1) is 18.2 Å². The van der Waals surface area contributed by atoms with E-state index in [1.807, 2.05) is 30.3 Å². The van der Waals surface area contributed by atoms with E-state index in [9.17, 15) is 9.59 Å². The van der Waals surface area contributed by atoms with E-state index in [-0.39, 0.29) is 11.6 Å². The number of hydrogen-bond acceptors (Lipinski definition) is 3. The fraction of sp³-hybridized carbons (Fsp3) is 0.200. The number of ketones is 2. The van der Waals surface area contributed by atoms with Crippen LogP contribution in [-0.4, -0.2) is 23.7 Å². The minimum Gasteiger partial charge on any atom is -0.497 e. The third-order valence-corrected chi connectivity index (χ3v) is 6.45. The lowest BCUT2D eigenvalue weighted by Crippen LogP contribution is -2.25. The van der Waals surface area contributed by atoms with Gasteiger partial charge in [-0.15, -0.1) is 0 Å². The predicted octanol–water partition coefficient (Wildman–Crippen LogP) is 4.98. The van der Waals surface area contributed by atoms with E-state index in [0.29, 0.717) is 22.3 Å². The van der Waals surface area contributed by atoms with Crippen molar-refractivity contribution in [3.8, 4) is 5.75 Å². The number of carbonyl (C=O) groups is 2. The molecule has 4 nitrogen and oxygen atoms in total. The summed E-state index contributed by atoms with van der Waals surface area (Å²) in [5, 5.41) is 2.13. The predicted molar refractivity (Wildman–Crippen MR) is 112 cm³/mol. The molecule has 0 aliphatic heterocycles. The Labute approximate surface area is 167 Å². The summed E-state index contributed by atoms with van der Waals surface area (Å²) in [5.74, 6) is 0.701. The summed E-state index contributed by atoms with van der Waals surface area (Å²) in [7, 11) is 1.66. The Morgan fingerprint density at radius 3 is 2.28 bits per heavy atom. The first-order chi connectivity index (χ1) is 14.2. The first-order valence-electron chi connectivity index (χ1n) is 10.0. The number of H-pyrrole nitrogens is 1. The topological polar surface area (TPSA) is 59.2 Å². The molecule has 1 N–H and O–H groups in total. The van der Waals surface area contributed by atoms with Gasteiger partial charge in [-0.25, -0.2) is 0 Å². The van der Waals surface area contributed by atoms with E-state index in [4.69, 9.17) is 4.74 Å². The summed E-state index contributed by atoms with van der Waals surface area (Å²) in [6.45, 7) is 0. The van der Waals surface area contributed by atoms with Crippen LogP contribution >= 0.6 is 0 Å². The molecule has 0 saturated heterocycles. The second-order valence-electron chi connectivity index (χ2n) is 7.90. The molecule has 0 spiro atoms. The van der Waals surface area contributed by atoms with Crippen LogP contribution in [0.2, 0.25) is 0 Å². The molecule has 1 heterocycles. The lowest BCUT2D eigenvalue weighted by molar-refractivity contribution is 0.0979. The largest absolute Gasteiger partial charge is 0.497 e. The van der Waals surface area contributed by atoms with Crippen molar-refractivity contribution in [3.63, 3.8) is 0 Å². The fourth-order valence-electron chi connectivity index (χ4n) is 5.16. The second kappa shape index (κ2) is 5.80. The molecule has 2 aliphatic carbocycles. The summed E-state index contributed by atoms with van der Waals surface area (Å²) in [6, 6.07) is 13.1. The highest BCUT2D eigenvalue weighted by atomic mass is 16.5. The number of methoxy groups -OCH3 is 1. The van der Waals surface area contributed by atoms with Gasteiger partial charge in [-0.2, -0.15) is 0 Å². The molecule has 142 valence electrons. The Kier molecular flexibility index (Phi) is 3.31. The molecular formula is C25H19NO3. The number of hydrogen-bond donors (Lipinski definition) is 1. The van der Waals surface area contributed by atoms with Crippen molar-refractivity contribution in [2.45, 2.75) is 25.7 Å². The van der Waals surface area contributed by atoms with E-state index in [2.05, 4.69) is 4.98 Å². The van der Waals surface area contributed by atoms with Crippen molar-refractivity contribution in [2.75, 3.05) is 7.11 Å². The Balaban J connectivity index is 1.81. The Hall–Kier alpha value is -3.40. The van der Waals surface area contributed by atoms with Crippen LogP contribution in [0.5, 0.6) is 5.75 Å². The first-order valence-corrected chi connectivity index (χ1v) is 10.0. The number of nitrogens with one attached hydrogen (secondary N) is 1. The summed E-state index contributed by atoms with van der Waals surface area (Å²) in [5.41, 5.74) is 6.21. The molecule has 0 amide bonds. The highest BCUT2D eigenvalue weighted by Gasteiger charge is 2.36. The van der Waals surface area contributed by atoms with Gasteiger partial charge >= 0.3 is 0 Å². The monoisotopic (exact) mass is 381 g/mol. The molecule has 0 fully saturated rings. The van der Waals surface area contributed by atoms with Gasteiger partial charge < -0.3 is 9.72 Å². The highest BCUT2D eigenvalue weighted by Crippen LogP contribution is 2.43. The summed E-state index contributed by atoms with van der Waals surface area (Å²) < 4.78 is 5.45. The maximum atomic E-state index is 13.6. The minimum absolute atomic E-state index is 0.0218. The lowest BCUT2D eigenvalue weighted by Gasteiger charge is -2.26. The maximum absolute atomic E-state index is 13.6. The lowest BCUT2D eigenvalue weighted by atomic mass is 9.75. The van der Waals surface area contributed by atoms with Crippen LogP contribution in [0.3, 0.4) is 0 Å². The third kappa shape index (κ3) is 2.09. The maximum Gasteiger partial charge on any atom is 0.196 e. The van der Waals surface area contributed by atoms with Gasteiger partial charge in [0.2, 0.25) is 0 Å². The van der Waals surface area contributed by atoms with Crippen molar-refractivity contribution in [1.29, 1.82) is 0 Å². The van der Waals surface area contributed by atoms with E-state index in [0.717, 1.165) is 58.8 Å². The number of ether oxygens (including phenoxy) is 1. The van der Waals surface area contributed by atoms with Crippen LogP contribution in [0.4, 0.5) is 0 Å². The van der Waals surface area contributed by atoms with Gasteiger partial charge in [0, 0.05) is 33.0 Å². The quantitative estimate of drug-likeness (QED) is 0.445. The van der Waals surface area contributed by atoms with E-state index >= 15 is 0 Å². The molecule has 2 aliphatic rings. The zero-order chi connectivity index (χ0) is 19.7. The van der Waals surface area contributed by atoms with Crippen LogP contribution in [-0.2, 0) is 12.8 Å². The number of fused-ring (bicyclic) bond motifs is 9. The highest BCUT2D eigenvalue weighted by molar-refractivity contribution is 6.34. The molecule has 0 atom stereocenters. The van der Waals surface area contributed by atoms with E-state index in [1.54, 1.807) is 19.2 Å². The van der Waals surface area contributed by atoms with Crippen molar-refractivity contribution >= 4 is 33.4 Å². The summed E-state index contributed by atoms with van der Waals surface area (Å²) in [4.78, 5) is 30.5. The molecule has 0 bridgehead atoms. The first kappa shape index (κ1) is 16.5. The van der Waals surface area contributed by atoms with Crippen LogP contribution in [0.15, 0.2) is 42.5 Å². The van der Waals surface area contributed by atoms with Crippen LogP contribution in [0, 0.1) is 0 Å². The SMILES string of the molecule is COc1ccc2[nH]c3c4c(c5c(c3c2c1)CCCC5)C(=O)c1ccccc1C4=O. The van der Waals surface area contributed by atoms with Gasteiger partial charge in [-0.3, -0.25) is 9.59 Å². The molecule has 3 aromatic carbocycles. The number of aryl methyl sites for hydroxylation is 1. The summed E-state index contributed by atoms with van der Waals surface area (Å²) >= 11 is 0. The van der Waals surface area contributed by atoms with Crippen molar-refractivity contribution in [3.05, 3.63) is 75.8 Å². The van der Waals surface area contributed by atoms with Crippen molar-refractivity contribution < 1.29 is 14.3 Å². The Morgan fingerprint density at radius 2 is 1.55 bits per heavy atom. The van der Waals surface area contributed by atoms with E-state index in [1.165, 1.54) is 5.56 Å². The zero-order valence-electron chi connectivity index (χ0n) is 16.1. The number of rotatable bonds is 1. The molecular weight excluding hydrogens is 362 g/mol. The molecule has 4 heteroatoms. The van der Waals surface area contributed by atoms with Gasteiger partial charge in [-0.1, -0.05) is 24.3 Å². The van der Waals surface area contributed by atoms with Crippen LogP contribution in [0.25, 0.3) is 21.8 Å². The molecule has 0 unspecified atom stereocenters. The van der Waals surface area contributed by atoms with Gasteiger partial charge in [0.15, 0.2) is 11.6 Å². The average Bonchev–Trinajstić information content (AvgIpc) is 3.15. The zero-order valence-corrected chi connectivity index (χ0v) is 16.1. The summed E-state index contributed by atoms with van der Waals surface area (Å²) in [6.07, 6.45) is 3.90. The Morgan fingerprint density at radius 1 is 0.862 bits per heavy atom. The number of benzene rings is 3. The van der Waals surface area contributed by atoms with Crippen LogP contribution < -0.4 is 4.74 Å². The molecule has 0 radical (unpaired) electrons. The standard InChI is InChI=1S/C25H19NO3/c1-29-13-10-11-19-18(12-13)20-14-6-2-3-7-15(14)21-22(23(20)26-19)25(28)17-9-5-4-8-16(17)24(21)27/h4-5,8-12,26H,2-3,6-7H2,1H3. The number of aromatic amines is 1. The second-order valence-corrected chi connectivity index (χ2v) is 7.90. The Bertz CT molecular complexity index is 1380. The van der Waals surface area contributed by atoms with Crippen LogP contribution in [0.1, 0.15) is 55.8 Å². The average molecular weight is 381 g/mol. The van der Waals surface area contributed by atoms with Gasteiger partial charge in [0.25, 0.3) is 0 Å². The smallest absolute Gasteiger partial charge is 0.196 e. The normalized spacial score (nSPS) is 15.3. The number of aromatic nitrogens is 1. The van der Waals surface area contributed by atoms with Crippen molar-refractivity contribution in [1.82, 2.24) is 4.98 Å². The number of carbonyl (C=O) groups excluding carboxylic acids is 2. The fourth-order valence-corrected chi connectivity index (χ4v) is 5.16. The molecule has 4 aromatic rings. The molecule has 6 rings (SSSR count). The van der Waals surface area contributed by atoms with Gasteiger partial charge in [0.1, 0.15) is 5.75 Å². The molecule has 1 aromatic heterocycles. The molecule has 0 saturated carbocycles. The van der Waals surface area contributed by atoms with Crippen molar-refractivity contribution in [2.24, 2.45) is 0 Å².